The molecule has 0 bridgehead atoms. The van der Waals surface area contributed by atoms with E-state index in [0.717, 1.165) is 22.5 Å². The van der Waals surface area contributed by atoms with Crippen molar-refractivity contribution in [1.82, 2.24) is 9.78 Å². The summed E-state index contributed by atoms with van der Waals surface area (Å²) >= 11 is 3.31. The molecule has 0 saturated heterocycles. The van der Waals surface area contributed by atoms with Crippen molar-refractivity contribution in [3.05, 3.63) is 53.0 Å². The van der Waals surface area contributed by atoms with Crippen LogP contribution in [0.4, 0.5) is 0 Å². The molecule has 0 aliphatic heterocycles. The first-order chi connectivity index (χ1) is 10.0. The van der Waals surface area contributed by atoms with E-state index in [4.69, 9.17) is 0 Å². The Kier molecular flexibility index (Phi) is 3.43. The fraction of sp³-hybridized carbons (Fsp3) is 0.0625. The number of aryl methyl sites for hydroxylation is 1. The number of nitrogens with zero attached hydrogens (tertiary/aromatic N) is 2. The lowest BCUT2D eigenvalue weighted by Crippen LogP contribution is -1.93. The van der Waals surface area contributed by atoms with Crippen molar-refractivity contribution < 1.29 is 10.2 Å². The van der Waals surface area contributed by atoms with Crippen molar-refractivity contribution in [2.24, 2.45) is 7.05 Å². The molecule has 0 aliphatic carbocycles. The maximum absolute atomic E-state index is 9.56. The molecule has 0 fully saturated rings. The molecule has 1 aromatic heterocycles. The fourth-order valence-corrected chi connectivity index (χ4v) is 2.56. The lowest BCUT2D eigenvalue weighted by Gasteiger charge is -2.01. The molecular formula is C16H13BrN2O2. The van der Waals surface area contributed by atoms with Gasteiger partial charge in [-0.05, 0) is 64.5 Å². The van der Waals surface area contributed by atoms with Crippen LogP contribution in [0.5, 0.6) is 11.5 Å². The quantitative estimate of drug-likeness (QED) is 0.740. The lowest BCUT2D eigenvalue weighted by molar-refractivity contribution is 0.472. The fourth-order valence-electron chi connectivity index (χ4n) is 2.18. The van der Waals surface area contributed by atoms with Crippen molar-refractivity contribution in [1.29, 1.82) is 0 Å². The third kappa shape index (κ3) is 2.64. The van der Waals surface area contributed by atoms with Gasteiger partial charge < -0.3 is 10.2 Å². The van der Waals surface area contributed by atoms with Gasteiger partial charge in [0.25, 0.3) is 0 Å². The summed E-state index contributed by atoms with van der Waals surface area (Å²) in [5.41, 5.74) is 3.67. The summed E-state index contributed by atoms with van der Waals surface area (Å²) in [6.45, 7) is 0. The predicted octanol–water partition coefficient (Wildman–Crippen LogP) is 3.93. The Morgan fingerprint density at radius 2 is 1.62 bits per heavy atom. The smallest absolute Gasteiger partial charge is 0.129 e. The molecule has 0 aliphatic rings. The van der Waals surface area contributed by atoms with E-state index in [2.05, 4.69) is 21.0 Å². The number of aromatic hydroxyl groups is 2. The van der Waals surface area contributed by atoms with Crippen molar-refractivity contribution in [3.63, 3.8) is 0 Å². The summed E-state index contributed by atoms with van der Waals surface area (Å²) in [4.78, 5) is 0. The molecule has 3 rings (SSSR count). The predicted molar refractivity (Wildman–Crippen MR) is 85.1 cm³/mol. The molecule has 0 amide bonds. The zero-order valence-electron chi connectivity index (χ0n) is 11.3. The summed E-state index contributed by atoms with van der Waals surface area (Å²) in [7, 11) is 1.88. The molecule has 106 valence electrons. The molecule has 21 heavy (non-hydrogen) atoms. The SMILES string of the molecule is Cn1nc(-c2ccc(O)c(Br)c2)cc1-c1ccc(O)cc1. The average Bonchev–Trinajstić information content (AvgIpc) is 2.85. The Morgan fingerprint density at radius 1 is 0.952 bits per heavy atom. The van der Waals surface area contributed by atoms with Gasteiger partial charge in [-0.25, -0.2) is 0 Å². The minimum Gasteiger partial charge on any atom is -0.508 e. The maximum Gasteiger partial charge on any atom is 0.129 e. The van der Waals surface area contributed by atoms with Crippen LogP contribution in [-0.2, 0) is 7.05 Å². The number of rotatable bonds is 2. The monoisotopic (exact) mass is 344 g/mol. The van der Waals surface area contributed by atoms with Crippen LogP contribution in [0.1, 0.15) is 0 Å². The van der Waals surface area contributed by atoms with Gasteiger partial charge in [0.2, 0.25) is 0 Å². The second-order valence-corrected chi connectivity index (χ2v) is 5.61. The summed E-state index contributed by atoms with van der Waals surface area (Å²) in [6, 6.07) is 14.3. The second-order valence-electron chi connectivity index (χ2n) is 4.75. The topological polar surface area (TPSA) is 58.3 Å². The number of hydrogen-bond acceptors (Lipinski definition) is 3. The second kappa shape index (κ2) is 5.26. The van der Waals surface area contributed by atoms with Crippen LogP contribution in [0.3, 0.4) is 0 Å². The van der Waals surface area contributed by atoms with Gasteiger partial charge in [0.05, 0.1) is 15.9 Å². The lowest BCUT2D eigenvalue weighted by atomic mass is 10.1. The first kappa shape index (κ1) is 13.7. The van der Waals surface area contributed by atoms with E-state index < -0.39 is 0 Å². The number of phenols is 2. The van der Waals surface area contributed by atoms with Crippen LogP contribution in [0.15, 0.2) is 53.0 Å². The molecule has 2 N–H and O–H groups in total. The molecular weight excluding hydrogens is 332 g/mol. The zero-order chi connectivity index (χ0) is 15.0. The Balaban J connectivity index is 2.04. The molecule has 5 heteroatoms. The summed E-state index contributed by atoms with van der Waals surface area (Å²) in [6.07, 6.45) is 0. The minimum atomic E-state index is 0.202. The highest BCUT2D eigenvalue weighted by atomic mass is 79.9. The third-order valence-corrected chi connectivity index (χ3v) is 3.92. The highest BCUT2D eigenvalue weighted by Gasteiger charge is 2.10. The summed E-state index contributed by atoms with van der Waals surface area (Å²) in [5.74, 6) is 0.442. The molecule has 0 spiro atoms. The molecule has 4 nitrogen and oxygen atoms in total. The van der Waals surface area contributed by atoms with Gasteiger partial charge in [-0.3, -0.25) is 4.68 Å². The Hall–Kier alpha value is -2.27. The third-order valence-electron chi connectivity index (χ3n) is 3.29. The largest absolute Gasteiger partial charge is 0.508 e. The van der Waals surface area contributed by atoms with Gasteiger partial charge in [-0.2, -0.15) is 5.10 Å². The Bertz CT molecular complexity index is 795. The molecule has 2 aromatic carbocycles. The van der Waals surface area contributed by atoms with E-state index >= 15 is 0 Å². The molecule has 0 radical (unpaired) electrons. The number of benzene rings is 2. The Labute approximate surface area is 130 Å². The van der Waals surface area contributed by atoms with Gasteiger partial charge in [0.1, 0.15) is 11.5 Å². The van der Waals surface area contributed by atoms with E-state index in [0.29, 0.717) is 4.47 Å². The van der Waals surface area contributed by atoms with E-state index in [1.807, 2.05) is 37.4 Å². The van der Waals surface area contributed by atoms with Crippen LogP contribution >= 0.6 is 15.9 Å². The molecule has 0 unspecified atom stereocenters. The van der Waals surface area contributed by atoms with Crippen molar-refractivity contribution >= 4 is 15.9 Å². The number of hydrogen-bond donors (Lipinski definition) is 2. The first-order valence-corrected chi connectivity index (χ1v) is 7.16. The van der Waals surface area contributed by atoms with Crippen LogP contribution in [0.25, 0.3) is 22.5 Å². The standard InChI is InChI=1S/C16H13BrN2O2/c1-19-15(10-2-5-12(20)6-3-10)9-14(18-19)11-4-7-16(21)13(17)8-11/h2-9,20-21H,1H3. The van der Waals surface area contributed by atoms with Gasteiger partial charge in [-0.15, -0.1) is 0 Å². The summed E-state index contributed by atoms with van der Waals surface area (Å²) in [5, 5.41) is 23.4. The van der Waals surface area contributed by atoms with Gasteiger partial charge >= 0.3 is 0 Å². The minimum absolute atomic E-state index is 0.202. The molecule has 3 aromatic rings. The normalized spacial score (nSPS) is 10.8. The Morgan fingerprint density at radius 3 is 2.29 bits per heavy atom. The van der Waals surface area contributed by atoms with Gasteiger partial charge in [0.15, 0.2) is 0 Å². The van der Waals surface area contributed by atoms with Gasteiger partial charge in [-0.1, -0.05) is 0 Å². The van der Waals surface area contributed by atoms with Crippen LogP contribution in [0, 0.1) is 0 Å². The first-order valence-electron chi connectivity index (χ1n) is 6.37. The number of aromatic nitrogens is 2. The van der Waals surface area contributed by atoms with E-state index in [9.17, 15) is 10.2 Å². The molecule has 1 heterocycles. The van der Waals surface area contributed by atoms with E-state index in [1.165, 1.54) is 0 Å². The number of phenolic OH excluding ortho intramolecular Hbond substituents is 2. The molecule has 0 atom stereocenters. The average molecular weight is 345 g/mol. The van der Waals surface area contributed by atoms with Crippen molar-refractivity contribution in [2.75, 3.05) is 0 Å². The van der Waals surface area contributed by atoms with Crippen molar-refractivity contribution in [3.8, 4) is 34.0 Å². The van der Waals surface area contributed by atoms with Crippen LogP contribution < -0.4 is 0 Å². The van der Waals surface area contributed by atoms with Crippen molar-refractivity contribution in [2.45, 2.75) is 0 Å². The van der Waals surface area contributed by atoms with Crippen LogP contribution in [0.2, 0.25) is 0 Å². The highest BCUT2D eigenvalue weighted by Crippen LogP contribution is 2.31. The van der Waals surface area contributed by atoms with E-state index in [1.54, 1.807) is 22.9 Å². The molecule has 0 saturated carbocycles. The van der Waals surface area contributed by atoms with E-state index in [-0.39, 0.29) is 11.5 Å². The number of halogens is 1. The zero-order valence-corrected chi connectivity index (χ0v) is 12.9. The highest BCUT2D eigenvalue weighted by molar-refractivity contribution is 9.10. The van der Waals surface area contributed by atoms with Gasteiger partial charge in [0, 0.05) is 18.2 Å². The maximum atomic E-state index is 9.56. The van der Waals surface area contributed by atoms with Crippen LogP contribution in [-0.4, -0.2) is 20.0 Å². The summed E-state index contributed by atoms with van der Waals surface area (Å²) < 4.78 is 2.43.